The van der Waals surface area contributed by atoms with Gasteiger partial charge in [-0.3, -0.25) is 9.59 Å². The Morgan fingerprint density at radius 1 is 0.717 bits per heavy atom. The lowest BCUT2D eigenvalue weighted by Gasteiger charge is -2.12. The summed E-state index contributed by atoms with van der Waals surface area (Å²) in [5.74, 6) is 1.32. The fourth-order valence-electron chi connectivity index (χ4n) is 6.09. The average Bonchev–Trinajstić information content (AvgIpc) is 3.78. The molecule has 6 heterocycles. The van der Waals surface area contributed by atoms with Crippen LogP contribution in [0.3, 0.4) is 0 Å². The molecule has 4 aromatic heterocycles. The van der Waals surface area contributed by atoms with E-state index in [2.05, 4.69) is 63.6 Å². The first-order chi connectivity index (χ1) is 25.4. The van der Waals surface area contributed by atoms with Gasteiger partial charge in [0.1, 0.15) is 16.9 Å². The second kappa shape index (κ2) is 15.9. The molecule has 2 aliphatic heterocycles. The van der Waals surface area contributed by atoms with Crippen LogP contribution in [-0.4, -0.2) is 67.9 Å². The lowest BCUT2D eigenvalue weighted by molar-refractivity contribution is 0.0937. The third-order valence-electron chi connectivity index (χ3n) is 9.02. The highest BCUT2D eigenvalue weighted by Gasteiger charge is 2.23. The third-order valence-corrected chi connectivity index (χ3v) is 9.02. The van der Waals surface area contributed by atoms with Gasteiger partial charge in [0.25, 0.3) is 11.8 Å². The monoisotopic (exact) mass is 718 g/mol. The zero-order chi connectivity index (χ0) is 37.8. The highest BCUT2D eigenvalue weighted by molar-refractivity contribution is 6.00. The highest BCUT2D eigenvalue weighted by Crippen LogP contribution is 2.31. The molecule has 12 nitrogen and oxygen atoms in total. The van der Waals surface area contributed by atoms with E-state index in [1.807, 2.05) is 43.3 Å². The van der Waals surface area contributed by atoms with Crippen LogP contribution in [0.2, 0.25) is 0 Å². The van der Waals surface area contributed by atoms with Crippen molar-refractivity contribution in [3.8, 4) is 22.5 Å². The Kier molecular flexibility index (Phi) is 11.1. The molecule has 0 spiro atoms. The predicted octanol–water partition coefficient (Wildman–Crippen LogP) is 6.25. The molecular weight excluding hydrogens is 672 g/mol. The Bertz CT molecular complexity index is 2290. The van der Waals surface area contributed by atoms with E-state index in [4.69, 9.17) is 15.7 Å². The number of amides is 2. The topological polar surface area (TPSA) is 179 Å². The van der Waals surface area contributed by atoms with Crippen LogP contribution in [0.4, 0.5) is 10.2 Å². The predicted molar refractivity (Wildman–Crippen MR) is 207 cm³/mol. The van der Waals surface area contributed by atoms with Crippen LogP contribution < -0.4 is 21.7 Å². The number of aromatic nitrogens is 6. The molecule has 2 aromatic carbocycles. The number of hydrogen-bond acceptors (Lipinski definition) is 8. The van der Waals surface area contributed by atoms with Crippen molar-refractivity contribution < 1.29 is 14.0 Å². The van der Waals surface area contributed by atoms with Crippen molar-refractivity contribution in [2.75, 3.05) is 31.5 Å². The van der Waals surface area contributed by atoms with Crippen molar-refractivity contribution in [3.05, 3.63) is 88.4 Å². The summed E-state index contributed by atoms with van der Waals surface area (Å²) in [6.45, 7) is 15.0. The van der Waals surface area contributed by atoms with E-state index < -0.39 is 5.95 Å². The first kappa shape index (κ1) is 37.1. The van der Waals surface area contributed by atoms with Crippen LogP contribution in [0.25, 0.3) is 44.6 Å². The Morgan fingerprint density at radius 3 is 1.68 bits per heavy atom. The fraction of sp³-hybridized carbons (Fsp3) is 0.350. The van der Waals surface area contributed by atoms with Gasteiger partial charge in [-0.25, -0.2) is 19.9 Å². The van der Waals surface area contributed by atoms with E-state index in [-0.39, 0.29) is 17.5 Å². The number of halogens is 1. The van der Waals surface area contributed by atoms with E-state index in [9.17, 15) is 14.0 Å². The van der Waals surface area contributed by atoms with E-state index in [1.165, 1.54) is 0 Å². The summed E-state index contributed by atoms with van der Waals surface area (Å²) in [7, 11) is 0. The molecule has 53 heavy (non-hydrogen) atoms. The summed E-state index contributed by atoms with van der Waals surface area (Å²) in [4.78, 5) is 48.4. The minimum atomic E-state index is -0.575. The molecule has 0 fully saturated rings. The number of nitrogens with zero attached hydrogens (tertiary/aromatic N) is 4. The van der Waals surface area contributed by atoms with Crippen molar-refractivity contribution in [3.63, 3.8) is 0 Å². The van der Waals surface area contributed by atoms with Crippen LogP contribution >= 0.6 is 0 Å². The summed E-state index contributed by atoms with van der Waals surface area (Å²) in [5.41, 5.74) is 15.8. The minimum absolute atomic E-state index is 0.0183. The second-order valence-electron chi connectivity index (χ2n) is 14.2. The number of rotatable bonds is 6. The number of aromatic amines is 2. The summed E-state index contributed by atoms with van der Waals surface area (Å²) in [6.07, 6.45) is 1.57. The molecule has 0 atom stereocenters. The molecule has 7 N–H and O–H groups in total. The van der Waals surface area contributed by atoms with E-state index in [1.54, 1.807) is 19.1 Å². The molecule has 13 heteroatoms. The van der Waals surface area contributed by atoms with Crippen LogP contribution in [0, 0.1) is 31.6 Å². The number of carbonyl (C=O) groups is 2. The molecular formula is C40H47FN10O2. The number of aryl methyl sites for hydroxylation is 2. The summed E-state index contributed by atoms with van der Waals surface area (Å²) in [5, 5.41) is 9.09. The molecule has 0 saturated carbocycles. The van der Waals surface area contributed by atoms with Gasteiger partial charge in [-0.05, 0) is 56.5 Å². The molecule has 0 radical (unpaired) electrons. The molecule has 276 valence electrons. The fourth-order valence-corrected chi connectivity index (χ4v) is 6.09. The lowest BCUT2D eigenvalue weighted by atomic mass is 10.1. The van der Waals surface area contributed by atoms with Gasteiger partial charge in [0.15, 0.2) is 0 Å². The number of nitrogens with one attached hydrogen (secondary N) is 5. The van der Waals surface area contributed by atoms with Gasteiger partial charge in [0.05, 0.1) is 33.5 Å². The Labute approximate surface area is 308 Å². The molecule has 0 bridgehead atoms. The molecule has 6 aromatic rings. The average molecular weight is 719 g/mol. The van der Waals surface area contributed by atoms with Gasteiger partial charge in [0, 0.05) is 66.4 Å². The van der Waals surface area contributed by atoms with Crippen molar-refractivity contribution in [1.82, 2.24) is 40.5 Å². The Balaban J connectivity index is 0.000000163. The number of nitrogens with two attached hydrogens (primary N) is 1. The standard InChI is InChI=1S/C20H23N5O.C16H13FN4O.C4H11N/c1-11(2)10-22-19-12(3)23-16-6-4-5-13(18(16)25-19)17-9-14-15(24-17)7-8-21-20(14)26;1-8-15(17)21-14-9(3-2-4-12(14)19-8)13-7-10-11(20-13)5-6-18-16(10)22;1-4(2)3-5/h4-6,9,11,24H,7-8,10H2,1-3H3,(H,21,26)(H,22,25);2-4,7,20H,5-6H2,1H3,(H,18,22);4H,3,5H2,1-2H3. The Morgan fingerprint density at radius 2 is 1.21 bits per heavy atom. The number of para-hydroxylation sites is 2. The smallest absolute Gasteiger partial charge is 0.253 e. The summed E-state index contributed by atoms with van der Waals surface area (Å²) >= 11 is 0. The van der Waals surface area contributed by atoms with E-state index in [0.29, 0.717) is 41.5 Å². The zero-order valence-corrected chi connectivity index (χ0v) is 31.1. The number of anilines is 1. The van der Waals surface area contributed by atoms with Crippen molar-refractivity contribution in [2.24, 2.45) is 17.6 Å². The van der Waals surface area contributed by atoms with Crippen LogP contribution in [0.5, 0.6) is 0 Å². The molecule has 0 unspecified atom stereocenters. The third kappa shape index (κ3) is 8.20. The van der Waals surface area contributed by atoms with Crippen molar-refractivity contribution in [2.45, 2.75) is 54.4 Å². The number of H-pyrrole nitrogens is 2. The first-order valence-corrected chi connectivity index (χ1v) is 18.1. The number of carbonyl (C=O) groups excluding carboxylic acids is 2. The van der Waals surface area contributed by atoms with Gasteiger partial charge in [-0.15, -0.1) is 0 Å². The van der Waals surface area contributed by atoms with Crippen LogP contribution in [0.15, 0.2) is 48.5 Å². The highest BCUT2D eigenvalue weighted by atomic mass is 19.1. The SMILES string of the molecule is CC(C)CN.Cc1nc2cccc(-c3cc4c([nH]3)CCNC4=O)c2nc1F.Cc1nc2cccc(-c3cc4c([nH]3)CCNC4=O)c2nc1NCC(C)C. The first-order valence-electron chi connectivity index (χ1n) is 18.1. The summed E-state index contributed by atoms with van der Waals surface area (Å²) < 4.78 is 13.8. The quantitative estimate of drug-likeness (QED) is 0.117. The number of fused-ring (bicyclic) bond motifs is 4. The molecule has 2 amide bonds. The summed E-state index contributed by atoms with van der Waals surface area (Å²) in [6, 6.07) is 15.2. The van der Waals surface area contributed by atoms with E-state index in [0.717, 1.165) is 87.9 Å². The van der Waals surface area contributed by atoms with Crippen LogP contribution in [0.1, 0.15) is 71.2 Å². The van der Waals surface area contributed by atoms with E-state index >= 15 is 0 Å². The normalized spacial score (nSPS) is 13.5. The molecule has 8 rings (SSSR count). The minimum Gasteiger partial charge on any atom is -0.368 e. The second-order valence-corrected chi connectivity index (χ2v) is 14.2. The largest absolute Gasteiger partial charge is 0.368 e. The molecule has 0 aliphatic carbocycles. The van der Waals surface area contributed by atoms with Gasteiger partial charge >= 0.3 is 0 Å². The Hall–Kier alpha value is -5.69. The van der Waals surface area contributed by atoms with Crippen molar-refractivity contribution >= 4 is 39.7 Å². The maximum Gasteiger partial charge on any atom is 0.253 e. The van der Waals surface area contributed by atoms with Crippen LogP contribution in [-0.2, 0) is 12.8 Å². The lowest BCUT2D eigenvalue weighted by Crippen LogP contribution is -2.31. The maximum absolute atomic E-state index is 13.8. The maximum atomic E-state index is 13.8. The number of benzene rings is 2. The van der Waals surface area contributed by atoms with Crippen molar-refractivity contribution in [1.29, 1.82) is 0 Å². The van der Waals surface area contributed by atoms with Gasteiger partial charge in [-0.2, -0.15) is 4.39 Å². The molecule has 2 aliphatic rings. The van der Waals surface area contributed by atoms with Gasteiger partial charge in [-0.1, -0.05) is 52.0 Å². The molecule has 0 saturated heterocycles. The van der Waals surface area contributed by atoms with Gasteiger partial charge < -0.3 is 31.7 Å². The zero-order valence-electron chi connectivity index (χ0n) is 31.1. The number of hydrogen-bond donors (Lipinski definition) is 6. The van der Waals surface area contributed by atoms with Gasteiger partial charge in [0.2, 0.25) is 5.95 Å².